The molecule has 0 radical (unpaired) electrons. The molecule has 1 amide bonds. The molecule has 0 saturated heterocycles. The fourth-order valence-electron chi connectivity index (χ4n) is 2.55. The summed E-state index contributed by atoms with van der Waals surface area (Å²) in [7, 11) is 1.64. The number of carbonyl (C=O) groups is 1. The van der Waals surface area contributed by atoms with Crippen molar-refractivity contribution in [2.45, 2.75) is 27.2 Å². The number of anilines is 1. The molecule has 3 aromatic rings. The number of thiazole rings is 1. The monoisotopic (exact) mass is 370 g/mol. The van der Waals surface area contributed by atoms with Gasteiger partial charge < -0.3 is 10.1 Å². The highest BCUT2D eigenvalue weighted by Crippen LogP contribution is 2.27. The molecule has 2 heterocycles. The Hall–Kier alpha value is -2.67. The minimum atomic E-state index is -0.0203. The molecule has 3 rings (SSSR count). The van der Waals surface area contributed by atoms with Gasteiger partial charge in [-0.3, -0.25) is 4.79 Å². The normalized spacial score (nSPS) is 11.0. The highest BCUT2D eigenvalue weighted by Gasteiger charge is 2.15. The fraction of sp³-hybridized carbons (Fsp3) is 0.316. The van der Waals surface area contributed by atoms with Crippen molar-refractivity contribution in [3.05, 3.63) is 41.4 Å². The maximum atomic E-state index is 12.1. The van der Waals surface area contributed by atoms with Crippen LogP contribution in [-0.4, -0.2) is 27.8 Å². The molecule has 0 aliphatic carbocycles. The van der Waals surface area contributed by atoms with Crippen LogP contribution in [0.4, 0.5) is 5.82 Å². The number of nitrogens with one attached hydrogen (secondary N) is 1. The lowest BCUT2D eigenvalue weighted by Gasteiger charge is -2.08. The van der Waals surface area contributed by atoms with E-state index < -0.39 is 0 Å². The number of aryl methyl sites for hydroxylation is 1. The molecule has 0 aliphatic rings. The van der Waals surface area contributed by atoms with Crippen LogP contribution in [0.5, 0.6) is 5.75 Å². The molecule has 2 aromatic heterocycles. The number of ether oxygens (including phenoxy) is 1. The highest BCUT2D eigenvalue weighted by molar-refractivity contribution is 7.12. The predicted octanol–water partition coefficient (Wildman–Crippen LogP) is 4.30. The van der Waals surface area contributed by atoms with Crippen LogP contribution in [0, 0.1) is 12.8 Å². The third kappa shape index (κ3) is 4.11. The second kappa shape index (κ2) is 7.70. The molecule has 0 atom stereocenters. The van der Waals surface area contributed by atoms with E-state index in [0.29, 0.717) is 23.3 Å². The van der Waals surface area contributed by atoms with Crippen molar-refractivity contribution in [3.63, 3.8) is 0 Å². The number of aromatic nitrogens is 3. The van der Waals surface area contributed by atoms with Crippen molar-refractivity contribution in [3.8, 4) is 22.1 Å². The predicted molar refractivity (Wildman–Crippen MR) is 104 cm³/mol. The van der Waals surface area contributed by atoms with E-state index in [1.807, 2.05) is 56.5 Å². The van der Waals surface area contributed by atoms with Gasteiger partial charge in [-0.1, -0.05) is 13.8 Å². The summed E-state index contributed by atoms with van der Waals surface area (Å²) in [6, 6.07) is 9.61. The Morgan fingerprint density at radius 1 is 1.31 bits per heavy atom. The van der Waals surface area contributed by atoms with Gasteiger partial charge in [-0.15, -0.1) is 11.3 Å². The maximum absolute atomic E-state index is 12.1. The molecule has 1 aromatic carbocycles. The smallest absolute Gasteiger partial charge is 0.225 e. The molecular formula is C19H22N4O2S. The lowest BCUT2D eigenvalue weighted by molar-refractivity contribution is -0.116. The van der Waals surface area contributed by atoms with Gasteiger partial charge >= 0.3 is 0 Å². The third-order valence-corrected chi connectivity index (χ3v) is 4.57. The summed E-state index contributed by atoms with van der Waals surface area (Å²) in [5.74, 6) is 1.73. The number of methoxy groups -OCH3 is 1. The van der Waals surface area contributed by atoms with Gasteiger partial charge in [-0.2, -0.15) is 9.78 Å². The number of rotatable bonds is 6. The van der Waals surface area contributed by atoms with Gasteiger partial charge in [0.15, 0.2) is 0 Å². The zero-order valence-electron chi connectivity index (χ0n) is 15.3. The lowest BCUT2D eigenvalue weighted by Crippen LogP contribution is -2.16. The first kappa shape index (κ1) is 18.1. The summed E-state index contributed by atoms with van der Waals surface area (Å²) >= 11 is 1.48. The molecule has 0 saturated carbocycles. The number of hydrogen-bond acceptors (Lipinski definition) is 5. The molecule has 6 nitrogen and oxygen atoms in total. The van der Waals surface area contributed by atoms with Gasteiger partial charge in [0.1, 0.15) is 11.6 Å². The van der Waals surface area contributed by atoms with E-state index in [0.717, 1.165) is 22.7 Å². The van der Waals surface area contributed by atoms with Crippen LogP contribution in [0.25, 0.3) is 16.4 Å². The largest absolute Gasteiger partial charge is 0.497 e. The Morgan fingerprint density at radius 2 is 2.04 bits per heavy atom. The topological polar surface area (TPSA) is 69.0 Å². The SMILES string of the molecule is COc1ccc(-c2csc(-n3nc(C)cc3NC(=O)CC(C)C)n2)cc1. The summed E-state index contributed by atoms with van der Waals surface area (Å²) in [6.07, 6.45) is 0.471. The third-order valence-electron chi connectivity index (χ3n) is 3.75. The number of benzene rings is 1. The van der Waals surface area contributed by atoms with E-state index in [9.17, 15) is 4.79 Å². The molecule has 1 N–H and O–H groups in total. The second-order valence-electron chi connectivity index (χ2n) is 6.47. The Labute approximate surface area is 156 Å². The average molecular weight is 370 g/mol. The molecule has 0 fully saturated rings. The van der Waals surface area contributed by atoms with Crippen molar-refractivity contribution >= 4 is 23.1 Å². The Balaban J connectivity index is 1.85. The van der Waals surface area contributed by atoms with Crippen LogP contribution in [0.15, 0.2) is 35.7 Å². The van der Waals surface area contributed by atoms with Crippen LogP contribution in [0.2, 0.25) is 0 Å². The van der Waals surface area contributed by atoms with E-state index in [4.69, 9.17) is 4.74 Å². The number of hydrogen-bond donors (Lipinski definition) is 1. The lowest BCUT2D eigenvalue weighted by atomic mass is 10.1. The van der Waals surface area contributed by atoms with Crippen LogP contribution in [0.3, 0.4) is 0 Å². The van der Waals surface area contributed by atoms with Crippen LogP contribution in [-0.2, 0) is 4.79 Å². The number of amides is 1. The molecule has 26 heavy (non-hydrogen) atoms. The molecule has 136 valence electrons. The van der Waals surface area contributed by atoms with Crippen LogP contribution < -0.4 is 10.1 Å². The minimum absolute atomic E-state index is 0.0203. The molecular weight excluding hydrogens is 348 g/mol. The van der Waals surface area contributed by atoms with E-state index in [2.05, 4.69) is 15.4 Å². The molecule has 0 aliphatic heterocycles. The van der Waals surface area contributed by atoms with Gasteiger partial charge in [0, 0.05) is 23.4 Å². The quantitative estimate of drug-likeness (QED) is 0.702. The molecule has 0 bridgehead atoms. The first-order valence-electron chi connectivity index (χ1n) is 8.43. The minimum Gasteiger partial charge on any atom is -0.497 e. The first-order valence-corrected chi connectivity index (χ1v) is 9.31. The van der Waals surface area contributed by atoms with Crippen molar-refractivity contribution in [1.82, 2.24) is 14.8 Å². The van der Waals surface area contributed by atoms with E-state index in [1.165, 1.54) is 11.3 Å². The Bertz CT molecular complexity index is 897. The van der Waals surface area contributed by atoms with E-state index >= 15 is 0 Å². The Kier molecular flexibility index (Phi) is 5.37. The molecule has 7 heteroatoms. The van der Waals surface area contributed by atoms with Gasteiger partial charge in [0.05, 0.1) is 18.5 Å². The van der Waals surface area contributed by atoms with Crippen molar-refractivity contribution < 1.29 is 9.53 Å². The first-order chi connectivity index (χ1) is 12.5. The zero-order chi connectivity index (χ0) is 18.7. The maximum Gasteiger partial charge on any atom is 0.225 e. The summed E-state index contributed by atoms with van der Waals surface area (Å²) in [4.78, 5) is 16.8. The van der Waals surface area contributed by atoms with Crippen LogP contribution in [0.1, 0.15) is 26.0 Å². The number of nitrogens with zero attached hydrogens (tertiary/aromatic N) is 3. The van der Waals surface area contributed by atoms with E-state index in [1.54, 1.807) is 11.8 Å². The van der Waals surface area contributed by atoms with Crippen molar-refractivity contribution in [1.29, 1.82) is 0 Å². The summed E-state index contributed by atoms with van der Waals surface area (Å²) in [5.41, 5.74) is 2.69. The molecule has 0 spiro atoms. The van der Waals surface area contributed by atoms with Gasteiger partial charge in [-0.05, 0) is 37.1 Å². The van der Waals surface area contributed by atoms with Gasteiger partial charge in [-0.25, -0.2) is 4.98 Å². The van der Waals surface area contributed by atoms with Gasteiger partial charge in [0.2, 0.25) is 11.0 Å². The van der Waals surface area contributed by atoms with E-state index in [-0.39, 0.29) is 5.91 Å². The standard InChI is InChI=1S/C19H22N4O2S/c1-12(2)9-18(24)21-17-10-13(3)22-23(17)19-20-16(11-26-19)14-5-7-15(25-4)8-6-14/h5-8,10-12H,9H2,1-4H3,(H,21,24). The highest BCUT2D eigenvalue weighted by atomic mass is 32.1. The number of carbonyl (C=O) groups excluding carboxylic acids is 1. The molecule has 0 unspecified atom stereocenters. The Morgan fingerprint density at radius 3 is 2.69 bits per heavy atom. The van der Waals surface area contributed by atoms with Crippen molar-refractivity contribution in [2.24, 2.45) is 5.92 Å². The average Bonchev–Trinajstić information content (AvgIpc) is 3.21. The zero-order valence-corrected chi connectivity index (χ0v) is 16.1. The fourth-order valence-corrected chi connectivity index (χ4v) is 3.35. The van der Waals surface area contributed by atoms with Gasteiger partial charge in [0.25, 0.3) is 0 Å². The summed E-state index contributed by atoms with van der Waals surface area (Å²) in [5, 5.41) is 10.1. The van der Waals surface area contributed by atoms with Crippen LogP contribution >= 0.6 is 11.3 Å². The second-order valence-corrected chi connectivity index (χ2v) is 7.31. The summed E-state index contributed by atoms with van der Waals surface area (Å²) in [6.45, 7) is 5.93. The van der Waals surface area contributed by atoms with Crippen molar-refractivity contribution in [2.75, 3.05) is 12.4 Å². The summed E-state index contributed by atoms with van der Waals surface area (Å²) < 4.78 is 6.88.